The first kappa shape index (κ1) is 26.9. The molecule has 0 aliphatic rings. The molecule has 7 aromatic carbocycles. The largest absolute Gasteiger partial charge is 0.454 e. The summed E-state index contributed by atoms with van der Waals surface area (Å²) >= 11 is 3.72. The van der Waals surface area contributed by atoms with Crippen LogP contribution in [0.3, 0.4) is 0 Å². The third kappa shape index (κ3) is 3.45. The van der Waals surface area contributed by atoms with Gasteiger partial charge in [0.2, 0.25) is 0 Å². The zero-order valence-corrected chi connectivity index (χ0v) is 28.1. The topological polar surface area (TPSA) is 31.0 Å². The summed E-state index contributed by atoms with van der Waals surface area (Å²) in [4.78, 5) is 5.64. The summed E-state index contributed by atoms with van der Waals surface area (Å²) in [6.07, 6.45) is 0. The molecule has 0 amide bonds. The fraction of sp³-hybridized carbons (Fsp3) is 0. The number of benzene rings is 7. The van der Waals surface area contributed by atoms with Crippen LogP contribution in [-0.2, 0) is 0 Å². The quantitative estimate of drug-likeness (QED) is 0.183. The fourth-order valence-electron chi connectivity index (χ4n) is 8.30. The summed E-state index contributed by atoms with van der Waals surface area (Å²) in [6.45, 7) is 0. The van der Waals surface area contributed by atoms with Crippen LogP contribution in [0.4, 0.5) is 0 Å². The first-order valence-electron chi connectivity index (χ1n) is 16.8. The van der Waals surface area contributed by atoms with Crippen molar-refractivity contribution in [1.29, 1.82) is 0 Å². The zero-order valence-electron chi connectivity index (χ0n) is 26.5. The minimum absolute atomic E-state index is 0.816. The van der Waals surface area contributed by atoms with Crippen molar-refractivity contribution < 1.29 is 4.42 Å². The van der Waals surface area contributed by atoms with E-state index in [1.807, 2.05) is 28.7 Å². The van der Waals surface area contributed by atoms with Crippen molar-refractivity contribution in [1.82, 2.24) is 9.55 Å². The van der Waals surface area contributed by atoms with Crippen LogP contribution in [0.2, 0.25) is 0 Å². The first-order valence-corrected chi connectivity index (χ1v) is 18.4. The van der Waals surface area contributed by atoms with Gasteiger partial charge in [0.25, 0.3) is 0 Å². The monoisotopic (exact) mass is 672 g/mol. The van der Waals surface area contributed by atoms with Gasteiger partial charge in [0.15, 0.2) is 5.58 Å². The number of rotatable bonds is 2. The maximum atomic E-state index is 6.71. The van der Waals surface area contributed by atoms with Gasteiger partial charge in [-0.25, -0.2) is 4.98 Å². The van der Waals surface area contributed by atoms with Gasteiger partial charge in [-0.05, 0) is 30.3 Å². The number of aromatic nitrogens is 2. The molecule has 3 nitrogen and oxygen atoms in total. The lowest BCUT2D eigenvalue weighted by atomic mass is 10.00. The highest BCUT2D eigenvalue weighted by Crippen LogP contribution is 2.49. The molecular formula is C45H24N2OS2. The molecule has 5 heterocycles. The number of hydrogen-bond donors (Lipinski definition) is 0. The second-order valence-corrected chi connectivity index (χ2v) is 15.1. The molecule has 0 atom stereocenters. The number of para-hydroxylation sites is 2. The molecule has 12 rings (SSSR count). The van der Waals surface area contributed by atoms with E-state index in [2.05, 4.69) is 144 Å². The zero-order chi connectivity index (χ0) is 32.5. The number of furan rings is 1. The molecule has 0 radical (unpaired) electrons. The van der Waals surface area contributed by atoms with Gasteiger partial charge in [-0.1, -0.05) is 115 Å². The maximum absolute atomic E-state index is 6.71. The molecule has 0 saturated carbocycles. The van der Waals surface area contributed by atoms with Gasteiger partial charge in [0.1, 0.15) is 17.1 Å². The molecule has 0 spiro atoms. The molecule has 0 saturated heterocycles. The molecule has 5 heteroatoms. The van der Waals surface area contributed by atoms with Crippen LogP contribution in [0.5, 0.6) is 0 Å². The normalized spacial score (nSPS) is 12.4. The minimum Gasteiger partial charge on any atom is -0.454 e. The van der Waals surface area contributed by atoms with Crippen LogP contribution >= 0.6 is 22.7 Å². The number of fused-ring (bicyclic) bond motifs is 16. The highest BCUT2D eigenvalue weighted by molar-refractivity contribution is 7.27. The highest BCUT2D eigenvalue weighted by atomic mass is 32.1. The summed E-state index contributed by atoms with van der Waals surface area (Å²) in [6, 6.07) is 52.4. The Morgan fingerprint density at radius 2 is 1.10 bits per heavy atom. The Hall–Kier alpha value is -6.01. The van der Waals surface area contributed by atoms with Gasteiger partial charge < -0.3 is 4.42 Å². The van der Waals surface area contributed by atoms with Gasteiger partial charge in [0.05, 0.1) is 11.0 Å². The van der Waals surface area contributed by atoms with Crippen LogP contribution in [-0.4, -0.2) is 9.55 Å². The van der Waals surface area contributed by atoms with E-state index >= 15 is 0 Å². The molecule has 0 unspecified atom stereocenters. The second kappa shape index (κ2) is 9.79. The molecule has 5 aromatic heterocycles. The number of nitrogens with zero attached hydrogens (tertiary/aromatic N) is 2. The van der Waals surface area contributed by atoms with Crippen molar-refractivity contribution in [3.05, 3.63) is 146 Å². The summed E-state index contributed by atoms with van der Waals surface area (Å²) in [5.41, 5.74) is 5.96. The summed E-state index contributed by atoms with van der Waals surface area (Å²) in [5, 5.41) is 12.3. The molecule has 0 fully saturated rings. The van der Waals surface area contributed by atoms with Gasteiger partial charge in [-0.3, -0.25) is 4.57 Å². The summed E-state index contributed by atoms with van der Waals surface area (Å²) in [5.74, 6) is 0.882. The van der Waals surface area contributed by atoms with Crippen molar-refractivity contribution in [2.75, 3.05) is 0 Å². The Labute approximate surface area is 292 Å². The summed E-state index contributed by atoms with van der Waals surface area (Å²) < 4.78 is 14.2. The lowest BCUT2D eigenvalue weighted by Crippen LogP contribution is -2.00. The Bertz CT molecular complexity index is 3390. The molecule has 0 aliphatic carbocycles. The van der Waals surface area contributed by atoms with Crippen LogP contribution in [0.25, 0.3) is 112 Å². The van der Waals surface area contributed by atoms with Gasteiger partial charge >= 0.3 is 0 Å². The van der Waals surface area contributed by atoms with E-state index in [9.17, 15) is 0 Å². The van der Waals surface area contributed by atoms with Gasteiger partial charge in [-0.2, -0.15) is 0 Å². The fourth-order valence-corrected chi connectivity index (χ4v) is 10.8. The van der Waals surface area contributed by atoms with Gasteiger partial charge in [-0.15, -0.1) is 22.7 Å². The molecule has 0 N–H and O–H groups in total. The van der Waals surface area contributed by atoms with Crippen molar-refractivity contribution >= 4 is 118 Å². The van der Waals surface area contributed by atoms with Crippen LogP contribution < -0.4 is 0 Å². The lowest BCUT2D eigenvalue weighted by molar-refractivity contribution is 0.668. The van der Waals surface area contributed by atoms with Crippen LogP contribution in [0.15, 0.2) is 150 Å². The maximum Gasteiger partial charge on any atom is 0.161 e. The molecule has 0 aliphatic heterocycles. The van der Waals surface area contributed by atoms with Crippen LogP contribution in [0, 0.1) is 0 Å². The average Bonchev–Trinajstić information content (AvgIpc) is 3.93. The molecule has 232 valence electrons. The third-order valence-corrected chi connectivity index (χ3v) is 12.8. The number of thiophene rings is 2. The molecule has 0 bridgehead atoms. The number of hydrogen-bond acceptors (Lipinski definition) is 4. The van der Waals surface area contributed by atoms with E-state index in [4.69, 9.17) is 9.40 Å². The predicted molar refractivity (Wildman–Crippen MR) is 215 cm³/mol. The standard InChI is InChI=1S/C45H24N2OS2/c1-2-15-29-27(14-1)42-39(40-31-17-6-10-23-37(31)50-45(29)40)30-16-3-7-20-34(30)47(42)38-24-33-25-12-4-8-21-35(25)48-43(33)41(46-38)32-19-11-18-28-26-13-5-9-22-36(26)49-44(28)32/h1-24H. The Morgan fingerprint density at radius 3 is 1.96 bits per heavy atom. The second-order valence-electron chi connectivity index (χ2n) is 13.0. The third-order valence-electron chi connectivity index (χ3n) is 10.4. The summed E-state index contributed by atoms with van der Waals surface area (Å²) in [7, 11) is 0. The van der Waals surface area contributed by atoms with E-state index < -0.39 is 0 Å². The van der Waals surface area contributed by atoms with E-state index in [-0.39, 0.29) is 0 Å². The average molecular weight is 673 g/mol. The molecular weight excluding hydrogens is 649 g/mol. The smallest absolute Gasteiger partial charge is 0.161 e. The van der Waals surface area contributed by atoms with E-state index in [1.165, 1.54) is 67.4 Å². The van der Waals surface area contributed by atoms with Crippen molar-refractivity contribution in [2.24, 2.45) is 0 Å². The minimum atomic E-state index is 0.816. The van der Waals surface area contributed by atoms with Crippen molar-refractivity contribution in [3.8, 4) is 17.1 Å². The Morgan fingerprint density at radius 1 is 0.480 bits per heavy atom. The van der Waals surface area contributed by atoms with Crippen molar-refractivity contribution in [2.45, 2.75) is 0 Å². The predicted octanol–water partition coefficient (Wildman–Crippen LogP) is 13.6. The Balaban J connectivity index is 1.30. The van der Waals surface area contributed by atoms with Crippen LogP contribution in [0.1, 0.15) is 0 Å². The first-order chi connectivity index (χ1) is 24.8. The van der Waals surface area contributed by atoms with E-state index in [0.29, 0.717) is 0 Å². The molecule has 12 aromatic rings. The Kier molecular flexibility index (Phi) is 5.26. The van der Waals surface area contributed by atoms with Gasteiger partial charge in [0, 0.05) is 78.2 Å². The van der Waals surface area contributed by atoms with E-state index in [1.54, 1.807) is 0 Å². The highest BCUT2D eigenvalue weighted by Gasteiger charge is 2.25. The van der Waals surface area contributed by atoms with E-state index in [0.717, 1.165) is 44.5 Å². The SMILES string of the molecule is c1ccc2c(c1)oc1c(-c3cccc4c3sc3ccccc34)nc(-n3c4ccccc4c4c5c6ccccc6sc5c5ccccc5c43)cc12. The van der Waals surface area contributed by atoms with Crippen molar-refractivity contribution in [3.63, 3.8) is 0 Å². The number of pyridine rings is 1. The molecule has 50 heavy (non-hydrogen) atoms. The lowest BCUT2D eigenvalue weighted by Gasteiger charge is -2.13.